The van der Waals surface area contributed by atoms with Crippen LogP contribution in [0.15, 0.2) is 65.6 Å². The Kier molecular flexibility index (Phi) is 6.22. The number of hydrogen-bond acceptors (Lipinski definition) is 3. The van der Waals surface area contributed by atoms with Crippen LogP contribution in [0.5, 0.6) is 0 Å². The molecule has 1 heterocycles. The zero-order chi connectivity index (χ0) is 24.7. The van der Waals surface area contributed by atoms with Gasteiger partial charge in [0.25, 0.3) is 0 Å². The average molecular weight is 480 g/mol. The lowest BCUT2D eigenvalue weighted by Gasteiger charge is -2.19. The van der Waals surface area contributed by atoms with E-state index in [2.05, 4.69) is 56.1 Å². The smallest absolute Gasteiger partial charge is 0.327 e. The molecule has 0 N–H and O–H groups in total. The molecule has 0 radical (unpaired) electrons. The standard InChI is InChI=1S/C27H24F3N3S/c1-26(2,3)19-10-8-17(9-11-19)16-34-24-18(15-31)6-5-7-21(24)25-32-22-14-20(27(28,29)30)12-13-23(22)33(25)4/h5-14H,16H2,1-4H3. The Labute approximate surface area is 201 Å². The van der Waals surface area contributed by atoms with E-state index in [-0.39, 0.29) is 10.9 Å². The molecule has 4 aromatic rings. The molecule has 3 aromatic carbocycles. The molecule has 4 rings (SSSR count). The number of imidazole rings is 1. The van der Waals surface area contributed by atoms with E-state index in [0.29, 0.717) is 22.7 Å². The summed E-state index contributed by atoms with van der Waals surface area (Å²) in [4.78, 5) is 5.29. The van der Waals surface area contributed by atoms with Gasteiger partial charge in [-0.15, -0.1) is 11.8 Å². The third-order valence-electron chi connectivity index (χ3n) is 5.79. The van der Waals surface area contributed by atoms with Crippen LogP contribution in [0.25, 0.3) is 22.4 Å². The first kappa shape index (κ1) is 23.9. The van der Waals surface area contributed by atoms with E-state index in [0.717, 1.165) is 28.2 Å². The Morgan fingerprint density at radius 1 is 0.971 bits per heavy atom. The van der Waals surface area contributed by atoms with Crippen LogP contribution in [0.1, 0.15) is 43.0 Å². The van der Waals surface area contributed by atoms with E-state index < -0.39 is 11.7 Å². The van der Waals surface area contributed by atoms with Gasteiger partial charge in [0.05, 0.1) is 22.2 Å². The lowest BCUT2D eigenvalue weighted by Crippen LogP contribution is -2.10. The van der Waals surface area contributed by atoms with E-state index in [9.17, 15) is 18.4 Å². The van der Waals surface area contributed by atoms with Gasteiger partial charge in [-0.2, -0.15) is 18.4 Å². The number of benzene rings is 3. The van der Waals surface area contributed by atoms with Gasteiger partial charge in [0, 0.05) is 23.3 Å². The van der Waals surface area contributed by atoms with Crippen LogP contribution in [0.3, 0.4) is 0 Å². The van der Waals surface area contributed by atoms with Crippen molar-refractivity contribution < 1.29 is 13.2 Å². The minimum atomic E-state index is -4.43. The first-order chi connectivity index (χ1) is 16.0. The SMILES string of the molecule is Cn1c(-c2cccc(C#N)c2SCc2ccc(C(C)(C)C)cc2)nc2cc(C(F)(F)F)ccc21. The van der Waals surface area contributed by atoms with Crippen LogP contribution in [0.4, 0.5) is 13.2 Å². The molecule has 34 heavy (non-hydrogen) atoms. The first-order valence-corrected chi connectivity index (χ1v) is 11.8. The Bertz CT molecular complexity index is 1390. The molecule has 0 aliphatic rings. The number of thioether (sulfide) groups is 1. The van der Waals surface area contributed by atoms with Gasteiger partial charge in [0.2, 0.25) is 0 Å². The van der Waals surface area contributed by atoms with E-state index in [1.54, 1.807) is 23.7 Å². The Morgan fingerprint density at radius 2 is 1.65 bits per heavy atom. The third-order valence-corrected chi connectivity index (χ3v) is 6.99. The van der Waals surface area contributed by atoms with Gasteiger partial charge in [-0.1, -0.05) is 57.2 Å². The normalized spacial score (nSPS) is 12.2. The molecule has 174 valence electrons. The lowest BCUT2D eigenvalue weighted by molar-refractivity contribution is -0.137. The fourth-order valence-corrected chi connectivity index (χ4v) is 4.92. The van der Waals surface area contributed by atoms with E-state index >= 15 is 0 Å². The molecule has 1 aromatic heterocycles. The summed E-state index contributed by atoms with van der Waals surface area (Å²) in [6, 6.07) is 19.6. The van der Waals surface area contributed by atoms with Gasteiger partial charge in [-0.05, 0) is 40.8 Å². The monoisotopic (exact) mass is 479 g/mol. The summed E-state index contributed by atoms with van der Waals surface area (Å²) in [5.74, 6) is 1.18. The first-order valence-electron chi connectivity index (χ1n) is 10.8. The number of rotatable bonds is 4. The Balaban J connectivity index is 1.72. The molecule has 3 nitrogen and oxygen atoms in total. The second kappa shape index (κ2) is 8.84. The number of aromatic nitrogens is 2. The highest BCUT2D eigenvalue weighted by Gasteiger charge is 2.31. The molecule has 0 bridgehead atoms. The van der Waals surface area contributed by atoms with Crippen molar-refractivity contribution in [3.63, 3.8) is 0 Å². The van der Waals surface area contributed by atoms with Gasteiger partial charge >= 0.3 is 6.18 Å². The molecular formula is C27H24F3N3S. The molecule has 7 heteroatoms. The highest BCUT2D eigenvalue weighted by molar-refractivity contribution is 7.98. The minimum Gasteiger partial charge on any atom is -0.327 e. The van der Waals surface area contributed by atoms with E-state index in [4.69, 9.17) is 0 Å². The maximum atomic E-state index is 13.2. The molecule has 0 aliphatic carbocycles. The fourth-order valence-electron chi connectivity index (χ4n) is 3.83. The number of nitrogens with zero attached hydrogens (tertiary/aromatic N) is 3. The zero-order valence-corrected chi connectivity index (χ0v) is 20.2. The van der Waals surface area contributed by atoms with Crippen molar-refractivity contribution in [1.29, 1.82) is 5.26 Å². The highest BCUT2D eigenvalue weighted by atomic mass is 32.2. The van der Waals surface area contributed by atoms with Crippen LogP contribution >= 0.6 is 11.8 Å². The summed E-state index contributed by atoms with van der Waals surface area (Å²) in [5.41, 5.74) is 3.80. The van der Waals surface area contributed by atoms with Crippen molar-refractivity contribution in [1.82, 2.24) is 9.55 Å². The lowest BCUT2D eigenvalue weighted by atomic mass is 9.87. The number of hydrogen-bond donors (Lipinski definition) is 0. The molecular weight excluding hydrogens is 455 g/mol. The maximum absolute atomic E-state index is 13.2. The van der Waals surface area contributed by atoms with Crippen LogP contribution < -0.4 is 0 Å². The second-order valence-corrected chi connectivity index (χ2v) is 10.2. The summed E-state index contributed by atoms with van der Waals surface area (Å²) < 4.78 is 41.3. The molecule has 0 aliphatic heterocycles. The van der Waals surface area contributed by atoms with Gasteiger partial charge in [0.1, 0.15) is 11.9 Å². The molecule has 0 saturated carbocycles. The van der Waals surface area contributed by atoms with Crippen molar-refractivity contribution in [3.8, 4) is 17.5 Å². The maximum Gasteiger partial charge on any atom is 0.416 e. The van der Waals surface area contributed by atoms with Crippen LogP contribution in [-0.2, 0) is 24.4 Å². The van der Waals surface area contributed by atoms with E-state index in [1.807, 2.05) is 6.07 Å². The number of halogens is 3. The molecule has 0 saturated heterocycles. The van der Waals surface area contributed by atoms with Crippen LogP contribution in [-0.4, -0.2) is 9.55 Å². The highest BCUT2D eigenvalue weighted by Crippen LogP contribution is 2.38. The molecule has 0 atom stereocenters. The van der Waals surface area contributed by atoms with Crippen LogP contribution in [0.2, 0.25) is 0 Å². The van der Waals surface area contributed by atoms with Crippen molar-refractivity contribution in [2.75, 3.05) is 0 Å². The third kappa shape index (κ3) is 4.69. The van der Waals surface area contributed by atoms with Gasteiger partial charge in [-0.3, -0.25) is 0 Å². The summed E-state index contributed by atoms with van der Waals surface area (Å²) in [5, 5.41) is 9.73. The Morgan fingerprint density at radius 3 is 2.26 bits per heavy atom. The summed E-state index contributed by atoms with van der Waals surface area (Å²) in [6.07, 6.45) is -4.43. The van der Waals surface area contributed by atoms with Crippen molar-refractivity contribution in [2.24, 2.45) is 7.05 Å². The summed E-state index contributed by atoms with van der Waals surface area (Å²) >= 11 is 1.53. The van der Waals surface area contributed by atoms with Gasteiger partial charge in [-0.25, -0.2) is 4.98 Å². The van der Waals surface area contributed by atoms with Crippen molar-refractivity contribution >= 4 is 22.8 Å². The minimum absolute atomic E-state index is 0.0679. The van der Waals surface area contributed by atoms with Crippen LogP contribution in [0, 0.1) is 11.3 Å². The molecule has 0 fully saturated rings. The van der Waals surface area contributed by atoms with E-state index in [1.165, 1.54) is 23.4 Å². The molecule has 0 unspecified atom stereocenters. The number of alkyl halides is 3. The Hall–Kier alpha value is -3.24. The largest absolute Gasteiger partial charge is 0.416 e. The molecule has 0 amide bonds. The predicted molar refractivity (Wildman–Crippen MR) is 131 cm³/mol. The number of nitriles is 1. The van der Waals surface area contributed by atoms with Gasteiger partial charge in [0.15, 0.2) is 0 Å². The fraction of sp³-hybridized carbons (Fsp3) is 0.259. The quantitative estimate of drug-likeness (QED) is 0.281. The predicted octanol–water partition coefficient (Wildman–Crippen LogP) is 7.72. The average Bonchev–Trinajstić information content (AvgIpc) is 3.12. The summed E-state index contributed by atoms with van der Waals surface area (Å²) in [6.45, 7) is 6.50. The zero-order valence-electron chi connectivity index (χ0n) is 19.4. The van der Waals surface area contributed by atoms with Gasteiger partial charge < -0.3 is 4.57 Å². The number of fused-ring (bicyclic) bond motifs is 1. The second-order valence-electron chi connectivity index (χ2n) is 9.23. The topological polar surface area (TPSA) is 41.6 Å². The van der Waals surface area contributed by atoms with Crippen molar-refractivity contribution in [3.05, 3.63) is 82.9 Å². The molecule has 0 spiro atoms. The van der Waals surface area contributed by atoms with Crippen molar-refractivity contribution in [2.45, 2.75) is 43.0 Å². The number of aryl methyl sites for hydroxylation is 1. The summed E-state index contributed by atoms with van der Waals surface area (Å²) in [7, 11) is 1.77.